The molecule has 2 aromatic carbocycles. The maximum absolute atomic E-state index is 5.98. The average Bonchev–Trinajstić information content (AvgIpc) is 3.42. The van der Waals surface area contributed by atoms with Gasteiger partial charge in [0.2, 0.25) is 5.89 Å². The average molecular weight is 447 g/mol. The highest BCUT2D eigenvalue weighted by molar-refractivity contribution is 7.99. The molecule has 8 heteroatoms. The van der Waals surface area contributed by atoms with Gasteiger partial charge < -0.3 is 9.15 Å². The first kappa shape index (κ1) is 19.9. The van der Waals surface area contributed by atoms with Crippen LogP contribution >= 0.6 is 23.1 Å². The molecule has 0 aliphatic carbocycles. The lowest BCUT2D eigenvalue weighted by Crippen LogP contribution is -1.98. The Hall–Kier alpha value is -3.07. The topological polar surface area (TPSA) is 73.9 Å². The second-order valence-electron chi connectivity index (χ2n) is 6.86. The summed E-state index contributed by atoms with van der Waals surface area (Å²) >= 11 is 2.94. The number of nitrogens with zero attached hydrogens (tertiary/aromatic N) is 4. The van der Waals surface area contributed by atoms with Crippen LogP contribution in [0.1, 0.15) is 11.4 Å². The zero-order chi connectivity index (χ0) is 21.2. The van der Waals surface area contributed by atoms with Gasteiger partial charge in [0.15, 0.2) is 5.82 Å². The largest absolute Gasteiger partial charge is 0.411 e. The van der Waals surface area contributed by atoms with Crippen molar-refractivity contribution in [3.63, 3.8) is 0 Å². The van der Waals surface area contributed by atoms with Gasteiger partial charge in [0.05, 0.1) is 5.39 Å². The molecule has 0 saturated heterocycles. The Morgan fingerprint density at radius 3 is 2.58 bits per heavy atom. The monoisotopic (exact) mass is 446 g/mol. The van der Waals surface area contributed by atoms with Gasteiger partial charge in [-0.2, -0.15) is 0 Å². The van der Waals surface area contributed by atoms with Gasteiger partial charge in [-0.1, -0.05) is 48.5 Å². The minimum Gasteiger partial charge on any atom is -0.411 e. The van der Waals surface area contributed by atoms with Crippen molar-refractivity contribution in [2.45, 2.75) is 23.8 Å². The summed E-state index contributed by atoms with van der Waals surface area (Å²) in [5, 5.41) is 12.8. The molecule has 0 fully saturated rings. The molecule has 0 bridgehead atoms. The lowest BCUT2D eigenvalue weighted by Gasteiger charge is -2.06. The van der Waals surface area contributed by atoms with Crippen LogP contribution in [0.2, 0.25) is 0 Å². The Bertz CT molecular complexity index is 1350. The molecule has 0 amide bonds. The summed E-state index contributed by atoms with van der Waals surface area (Å²) in [6.45, 7) is 2.36. The molecule has 3 aromatic heterocycles. The lowest BCUT2D eigenvalue weighted by molar-refractivity contribution is 0.177. The number of fused-ring (bicyclic) bond motifs is 1. The van der Waals surface area contributed by atoms with Crippen molar-refractivity contribution in [1.29, 1.82) is 0 Å². The molecular weight excluding hydrogens is 428 g/mol. The highest BCUT2D eigenvalue weighted by Gasteiger charge is 2.19. The molecule has 5 rings (SSSR count). The van der Waals surface area contributed by atoms with Crippen LogP contribution < -0.4 is 0 Å². The summed E-state index contributed by atoms with van der Waals surface area (Å²) in [7, 11) is 1.64. The van der Waals surface area contributed by atoms with Gasteiger partial charge in [-0.15, -0.1) is 21.5 Å². The van der Waals surface area contributed by atoms with Gasteiger partial charge in [-0.05, 0) is 35.9 Å². The summed E-state index contributed by atoms with van der Waals surface area (Å²) in [5.74, 6) is 1.12. The maximum atomic E-state index is 5.98. The van der Waals surface area contributed by atoms with Crippen LogP contribution in [0.15, 0.2) is 74.6 Å². The summed E-state index contributed by atoms with van der Waals surface area (Å²) in [6, 6.07) is 18.2. The molecule has 0 saturated carbocycles. The van der Waals surface area contributed by atoms with Crippen LogP contribution in [-0.4, -0.2) is 27.3 Å². The number of hydrogen-bond donors (Lipinski definition) is 0. The van der Waals surface area contributed by atoms with E-state index in [1.54, 1.807) is 18.4 Å². The van der Waals surface area contributed by atoms with Crippen LogP contribution in [0, 0.1) is 6.92 Å². The highest BCUT2D eigenvalue weighted by Crippen LogP contribution is 2.40. The highest BCUT2D eigenvalue weighted by atomic mass is 32.2. The third-order valence-electron chi connectivity index (χ3n) is 4.77. The predicted molar refractivity (Wildman–Crippen MR) is 122 cm³/mol. The zero-order valence-electron chi connectivity index (χ0n) is 16.9. The number of aromatic nitrogens is 4. The first-order chi connectivity index (χ1) is 15.2. The summed E-state index contributed by atoms with van der Waals surface area (Å²) < 4.78 is 11.2. The molecular formula is C23H18N4O2S2. The van der Waals surface area contributed by atoms with Gasteiger partial charge in [0.25, 0.3) is 5.22 Å². The Balaban J connectivity index is 1.59. The molecule has 0 N–H and O–H groups in total. The van der Waals surface area contributed by atoms with E-state index in [9.17, 15) is 0 Å². The van der Waals surface area contributed by atoms with Crippen molar-refractivity contribution in [2.75, 3.05) is 7.11 Å². The molecule has 0 unspecified atom stereocenters. The minimum absolute atomic E-state index is 0.334. The third kappa shape index (κ3) is 3.97. The quantitative estimate of drug-likeness (QED) is 0.296. The van der Waals surface area contributed by atoms with E-state index in [1.165, 1.54) is 11.8 Å². The number of thiophene rings is 1. The molecule has 31 heavy (non-hydrogen) atoms. The van der Waals surface area contributed by atoms with E-state index in [1.807, 2.05) is 49.4 Å². The number of aryl methyl sites for hydroxylation is 1. The van der Waals surface area contributed by atoms with E-state index < -0.39 is 0 Å². The van der Waals surface area contributed by atoms with Crippen LogP contribution in [0.3, 0.4) is 0 Å². The number of rotatable bonds is 6. The lowest BCUT2D eigenvalue weighted by atomic mass is 10.1. The van der Waals surface area contributed by atoms with Crippen molar-refractivity contribution in [1.82, 2.24) is 20.2 Å². The molecule has 0 aliphatic heterocycles. The van der Waals surface area contributed by atoms with Gasteiger partial charge in [0, 0.05) is 23.6 Å². The van der Waals surface area contributed by atoms with Crippen molar-refractivity contribution in [2.24, 2.45) is 0 Å². The summed E-state index contributed by atoms with van der Waals surface area (Å²) in [5.41, 5.74) is 4.21. The maximum Gasteiger partial charge on any atom is 0.283 e. The van der Waals surface area contributed by atoms with Crippen molar-refractivity contribution >= 4 is 33.3 Å². The minimum atomic E-state index is 0.334. The predicted octanol–water partition coefficient (Wildman–Crippen LogP) is 6.01. The SMILES string of the molecule is COCc1nc(Sc2nnc(-c3ccccc3C)o2)c2c(-c3ccccc3)csc2n1. The number of ether oxygens (including phenoxy) is 1. The van der Waals surface area contributed by atoms with Crippen molar-refractivity contribution < 1.29 is 9.15 Å². The molecule has 6 nitrogen and oxygen atoms in total. The molecule has 154 valence electrons. The van der Waals surface area contributed by atoms with Gasteiger partial charge >= 0.3 is 0 Å². The molecule has 0 radical (unpaired) electrons. The van der Waals surface area contributed by atoms with Crippen LogP contribution in [0.5, 0.6) is 0 Å². The normalized spacial score (nSPS) is 11.3. The second kappa shape index (κ2) is 8.58. The number of benzene rings is 2. The van der Waals surface area contributed by atoms with Crippen molar-refractivity contribution in [3.05, 3.63) is 71.4 Å². The fourth-order valence-electron chi connectivity index (χ4n) is 3.31. The summed E-state index contributed by atoms with van der Waals surface area (Å²) in [4.78, 5) is 10.3. The summed E-state index contributed by atoms with van der Waals surface area (Å²) in [6.07, 6.45) is 0. The Kier molecular flexibility index (Phi) is 5.50. The molecule has 0 atom stereocenters. The van der Waals surface area contributed by atoms with Gasteiger partial charge in [0.1, 0.15) is 16.5 Å². The van der Waals surface area contributed by atoms with E-state index in [-0.39, 0.29) is 0 Å². The molecule has 5 aromatic rings. The smallest absolute Gasteiger partial charge is 0.283 e. The van der Waals surface area contributed by atoms with E-state index in [2.05, 4.69) is 32.7 Å². The Morgan fingerprint density at radius 1 is 0.968 bits per heavy atom. The van der Waals surface area contributed by atoms with Crippen LogP contribution in [0.4, 0.5) is 0 Å². The van der Waals surface area contributed by atoms with Gasteiger partial charge in [-0.3, -0.25) is 0 Å². The van der Waals surface area contributed by atoms with Crippen molar-refractivity contribution in [3.8, 4) is 22.6 Å². The van der Waals surface area contributed by atoms with Gasteiger partial charge in [-0.25, -0.2) is 9.97 Å². The molecule has 0 aliphatic rings. The number of methoxy groups -OCH3 is 1. The Labute approximate surface area is 187 Å². The van der Waals surface area contributed by atoms with E-state index in [4.69, 9.17) is 14.1 Å². The fraction of sp³-hybridized carbons (Fsp3) is 0.130. The fourth-order valence-corrected chi connectivity index (χ4v) is 5.16. The first-order valence-corrected chi connectivity index (χ1v) is 11.3. The van der Waals surface area contributed by atoms with E-state index in [0.717, 1.165) is 37.5 Å². The molecule has 0 spiro atoms. The Morgan fingerprint density at radius 2 is 1.77 bits per heavy atom. The van der Waals surface area contributed by atoms with Crippen LogP contribution in [0.25, 0.3) is 32.8 Å². The molecule has 3 heterocycles. The second-order valence-corrected chi connectivity index (χ2v) is 8.66. The van der Waals surface area contributed by atoms with Crippen LogP contribution in [-0.2, 0) is 11.3 Å². The zero-order valence-corrected chi connectivity index (χ0v) is 18.5. The number of hydrogen-bond acceptors (Lipinski definition) is 8. The standard InChI is InChI=1S/C23H18N4O2S2/c1-14-8-6-7-11-16(14)20-26-27-23(29-20)31-22-19-17(15-9-4-3-5-10-15)13-30-21(19)24-18(25-22)12-28-2/h3-11,13H,12H2,1-2H3. The third-order valence-corrected chi connectivity index (χ3v) is 6.47. The first-order valence-electron chi connectivity index (χ1n) is 9.63. The van der Waals surface area contributed by atoms with E-state index in [0.29, 0.717) is 23.5 Å². The van der Waals surface area contributed by atoms with E-state index >= 15 is 0 Å².